The molecule has 2 fully saturated rings. The second-order valence-corrected chi connectivity index (χ2v) is 4.36. The molecule has 0 aromatic heterocycles. The summed E-state index contributed by atoms with van der Waals surface area (Å²) in [6.45, 7) is 6.35. The van der Waals surface area contributed by atoms with Crippen molar-refractivity contribution in [2.75, 3.05) is 0 Å². The van der Waals surface area contributed by atoms with Crippen molar-refractivity contribution in [1.29, 1.82) is 0 Å². The summed E-state index contributed by atoms with van der Waals surface area (Å²) in [6.07, 6.45) is 4.54. The summed E-state index contributed by atoms with van der Waals surface area (Å²) in [4.78, 5) is 0. The minimum absolute atomic E-state index is 0.0880. The van der Waals surface area contributed by atoms with E-state index in [0.29, 0.717) is 5.92 Å². The van der Waals surface area contributed by atoms with Crippen molar-refractivity contribution in [2.24, 2.45) is 11.3 Å². The third kappa shape index (κ3) is 0.871. The number of hydrogen-bond acceptors (Lipinski definition) is 1. The van der Waals surface area contributed by atoms with Crippen LogP contribution in [0.2, 0.25) is 0 Å². The fourth-order valence-corrected chi connectivity index (χ4v) is 2.76. The maximum Gasteiger partial charge on any atom is 0.0613 e. The van der Waals surface area contributed by atoms with Gasteiger partial charge in [-0.25, -0.2) is 0 Å². The van der Waals surface area contributed by atoms with Gasteiger partial charge in [0.1, 0.15) is 0 Å². The van der Waals surface area contributed by atoms with Crippen molar-refractivity contribution < 1.29 is 5.11 Å². The molecule has 0 radical (unpaired) electrons. The van der Waals surface area contributed by atoms with Crippen LogP contribution in [0.4, 0.5) is 0 Å². The maximum absolute atomic E-state index is 9.67. The van der Waals surface area contributed by atoms with Crippen molar-refractivity contribution in [1.82, 2.24) is 0 Å². The number of aliphatic hydroxyl groups excluding tert-OH is 1. The molecule has 0 unspecified atom stereocenters. The highest BCUT2D eigenvalue weighted by atomic mass is 16.3. The number of rotatable bonds is 0. The molecule has 0 amide bonds. The summed E-state index contributed by atoms with van der Waals surface area (Å²) in [7, 11) is 0. The predicted octanol–water partition coefficient (Wildman–Crippen LogP) is 2.11. The van der Waals surface area contributed by atoms with E-state index >= 15 is 0 Å². The molecule has 11 heavy (non-hydrogen) atoms. The first kappa shape index (κ1) is 7.35. The summed E-state index contributed by atoms with van der Waals surface area (Å²) in [6, 6.07) is 0. The van der Waals surface area contributed by atoms with E-state index in [9.17, 15) is 5.11 Å². The van der Waals surface area contributed by atoms with Crippen molar-refractivity contribution in [2.45, 2.75) is 38.7 Å². The topological polar surface area (TPSA) is 20.2 Å². The van der Waals surface area contributed by atoms with Gasteiger partial charge in [0.15, 0.2) is 0 Å². The highest BCUT2D eigenvalue weighted by molar-refractivity contribution is 5.23. The van der Waals surface area contributed by atoms with Gasteiger partial charge in [-0.2, -0.15) is 0 Å². The highest BCUT2D eigenvalue weighted by Crippen LogP contribution is 2.54. The van der Waals surface area contributed by atoms with Crippen LogP contribution in [0, 0.1) is 11.3 Å². The summed E-state index contributed by atoms with van der Waals surface area (Å²) in [5.74, 6) is 0.425. The molecule has 1 nitrogen and oxygen atoms in total. The average molecular weight is 152 g/mol. The zero-order valence-electron chi connectivity index (χ0n) is 7.14. The maximum atomic E-state index is 9.67. The molecule has 62 valence electrons. The summed E-state index contributed by atoms with van der Waals surface area (Å²) >= 11 is 0. The van der Waals surface area contributed by atoms with Crippen LogP contribution in [0.25, 0.3) is 0 Å². The standard InChI is InChI=1S/C10H16O/c1-7-8-4-3-5-10(7,2)6-9(8)11/h8-9,11H,1,3-6H2,2H3/t8-,9+,10-/m1/s1. The fourth-order valence-electron chi connectivity index (χ4n) is 2.76. The molecule has 2 bridgehead atoms. The lowest BCUT2D eigenvalue weighted by Gasteiger charge is -2.31. The van der Waals surface area contributed by atoms with Gasteiger partial charge in [0, 0.05) is 5.92 Å². The first-order valence-corrected chi connectivity index (χ1v) is 4.51. The minimum atomic E-state index is -0.0880. The highest BCUT2D eigenvalue weighted by Gasteiger charge is 2.46. The molecule has 0 spiro atoms. The van der Waals surface area contributed by atoms with E-state index in [1.54, 1.807) is 0 Å². The van der Waals surface area contributed by atoms with Crippen molar-refractivity contribution >= 4 is 0 Å². The van der Waals surface area contributed by atoms with Crippen LogP contribution in [-0.4, -0.2) is 11.2 Å². The van der Waals surface area contributed by atoms with E-state index in [-0.39, 0.29) is 11.5 Å². The molecule has 0 heterocycles. The zero-order chi connectivity index (χ0) is 8.06. The summed E-state index contributed by atoms with van der Waals surface area (Å²) < 4.78 is 0. The predicted molar refractivity (Wildman–Crippen MR) is 45.2 cm³/mol. The van der Waals surface area contributed by atoms with Gasteiger partial charge < -0.3 is 5.11 Å². The lowest BCUT2D eigenvalue weighted by molar-refractivity contribution is 0.135. The molecule has 1 heteroatoms. The molecule has 0 aromatic rings. The summed E-state index contributed by atoms with van der Waals surface area (Å²) in [5, 5.41) is 9.67. The molecule has 0 aliphatic heterocycles. The van der Waals surface area contributed by atoms with Crippen molar-refractivity contribution in [3.63, 3.8) is 0 Å². The van der Waals surface area contributed by atoms with Crippen LogP contribution in [0.3, 0.4) is 0 Å². The Kier molecular flexibility index (Phi) is 1.40. The second-order valence-electron chi connectivity index (χ2n) is 4.36. The monoisotopic (exact) mass is 152 g/mol. The zero-order valence-corrected chi connectivity index (χ0v) is 7.14. The Labute approximate surface area is 68.1 Å². The lowest BCUT2D eigenvalue weighted by atomic mass is 9.74. The molecular formula is C10H16O. The van der Waals surface area contributed by atoms with E-state index in [1.165, 1.54) is 18.4 Å². The van der Waals surface area contributed by atoms with Gasteiger partial charge in [-0.15, -0.1) is 0 Å². The number of hydrogen-bond donors (Lipinski definition) is 1. The largest absolute Gasteiger partial charge is 0.392 e. The van der Waals surface area contributed by atoms with Gasteiger partial charge in [0.2, 0.25) is 0 Å². The van der Waals surface area contributed by atoms with Crippen LogP contribution < -0.4 is 0 Å². The molecule has 2 aliphatic rings. The molecule has 0 aromatic carbocycles. The number of aliphatic hydroxyl groups is 1. The van der Waals surface area contributed by atoms with Gasteiger partial charge in [0.25, 0.3) is 0 Å². The first-order chi connectivity index (χ1) is 5.13. The Morgan fingerprint density at radius 2 is 2.36 bits per heavy atom. The minimum Gasteiger partial charge on any atom is -0.392 e. The van der Waals surface area contributed by atoms with Gasteiger partial charge in [-0.05, 0) is 24.7 Å². The summed E-state index contributed by atoms with van der Waals surface area (Å²) in [5.41, 5.74) is 1.60. The average Bonchev–Trinajstić information content (AvgIpc) is 2.13. The Bertz CT molecular complexity index is 197. The molecule has 3 atom stereocenters. The Hall–Kier alpha value is -0.300. The Balaban J connectivity index is 2.32. The van der Waals surface area contributed by atoms with Crippen molar-refractivity contribution in [3.05, 3.63) is 12.2 Å². The Morgan fingerprint density at radius 3 is 2.91 bits per heavy atom. The molecular weight excluding hydrogens is 136 g/mol. The van der Waals surface area contributed by atoms with Crippen LogP contribution >= 0.6 is 0 Å². The van der Waals surface area contributed by atoms with E-state index < -0.39 is 0 Å². The smallest absolute Gasteiger partial charge is 0.0613 e. The van der Waals surface area contributed by atoms with E-state index in [0.717, 1.165) is 12.8 Å². The van der Waals surface area contributed by atoms with E-state index in [1.807, 2.05) is 0 Å². The van der Waals surface area contributed by atoms with Crippen LogP contribution in [0.15, 0.2) is 12.2 Å². The molecule has 2 aliphatic carbocycles. The quantitative estimate of drug-likeness (QED) is 0.527. The SMILES string of the molecule is C=C1[C@H]2CCC[C@]1(C)C[C@@H]2O. The molecule has 1 N–H and O–H groups in total. The van der Waals surface area contributed by atoms with Crippen LogP contribution in [0.5, 0.6) is 0 Å². The third-order valence-corrected chi connectivity index (χ3v) is 3.59. The van der Waals surface area contributed by atoms with Crippen molar-refractivity contribution in [3.8, 4) is 0 Å². The van der Waals surface area contributed by atoms with Gasteiger partial charge in [-0.1, -0.05) is 25.5 Å². The second kappa shape index (κ2) is 2.10. The molecule has 0 saturated heterocycles. The van der Waals surface area contributed by atoms with Gasteiger partial charge in [-0.3, -0.25) is 0 Å². The number of fused-ring (bicyclic) bond motifs is 2. The fraction of sp³-hybridized carbons (Fsp3) is 0.800. The Morgan fingerprint density at radius 1 is 1.64 bits per heavy atom. The normalized spacial score (nSPS) is 49.8. The van der Waals surface area contributed by atoms with Gasteiger partial charge in [0.05, 0.1) is 6.10 Å². The van der Waals surface area contributed by atoms with E-state index in [4.69, 9.17) is 0 Å². The van der Waals surface area contributed by atoms with Crippen LogP contribution in [0.1, 0.15) is 32.6 Å². The van der Waals surface area contributed by atoms with Crippen LogP contribution in [-0.2, 0) is 0 Å². The molecule has 2 rings (SSSR count). The van der Waals surface area contributed by atoms with E-state index in [2.05, 4.69) is 13.5 Å². The first-order valence-electron chi connectivity index (χ1n) is 4.51. The third-order valence-electron chi connectivity index (χ3n) is 3.59. The lowest BCUT2D eigenvalue weighted by Crippen LogP contribution is -2.20. The molecule has 2 saturated carbocycles. The van der Waals surface area contributed by atoms with Gasteiger partial charge >= 0.3 is 0 Å².